The van der Waals surface area contributed by atoms with Gasteiger partial charge in [0.25, 0.3) is 5.91 Å². The molecule has 0 bridgehead atoms. The van der Waals surface area contributed by atoms with Crippen molar-refractivity contribution in [2.24, 2.45) is 7.05 Å². The first-order valence-electron chi connectivity index (χ1n) is 7.14. The summed E-state index contributed by atoms with van der Waals surface area (Å²) in [6, 6.07) is 7.25. The van der Waals surface area contributed by atoms with E-state index in [1.54, 1.807) is 12.1 Å². The average Bonchev–Trinajstić information content (AvgIpc) is 3.16. The van der Waals surface area contributed by atoms with Gasteiger partial charge in [-0.1, -0.05) is 23.7 Å². The molecule has 0 fully saturated rings. The Labute approximate surface area is 146 Å². The summed E-state index contributed by atoms with van der Waals surface area (Å²) in [5.74, 6) is -1.87. The fourth-order valence-corrected chi connectivity index (χ4v) is 2.30. The van der Waals surface area contributed by atoms with Crippen LogP contribution in [0.4, 0.5) is 5.95 Å². The number of hydrogen-bond acceptors (Lipinski definition) is 5. The van der Waals surface area contributed by atoms with Crippen molar-refractivity contribution in [3.63, 3.8) is 0 Å². The van der Waals surface area contributed by atoms with E-state index >= 15 is 0 Å². The zero-order chi connectivity index (χ0) is 18.0. The summed E-state index contributed by atoms with van der Waals surface area (Å²) in [5.41, 5.74) is 0.565. The van der Waals surface area contributed by atoms with Crippen LogP contribution >= 0.6 is 11.6 Å². The van der Waals surface area contributed by atoms with Crippen molar-refractivity contribution in [1.82, 2.24) is 24.5 Å². The Morgan fingerprint density at radius 1 is 1.24 bits per heavy atom. The molecule has 0 aliphatic heterocycles. The Balaban J connectivity index is 1.72. The van der Waals surface area contributed by atoms with Gasteiger partial charge in [0.15, 0.2) is 5.69 Å². The predicted molar refractivity (Wildman–Crippen MR) is 88.7 cm³/mol. The van der Waals surface area contributed by atoms with Gasteiger partial charge in [0.05, 0.1) is 6.54 Å². The largest absolute Gasteiger partial charge is 0.478 e. The van der Waals surface area contributed by atoms with Crippen molar-refractivity contribution in [1.29, 1.82) is 0 Å². The highest BCUT2D eigenvalue weighted by Crippen LogP contribution is 2.12. The number of anilines is 1. The van der Waals surface area contributed by atoms with Crippen LogP contribution in [0.2, 0.25) is 5.02 Å². The zero-order valence-electron chi connectivity index (χ0n) is 13.0. The van der Waals surface area contributed by atoms with E-state index in [0.717, 1.165) is 5.56 Å². The number of nitrogens with one attached hydrogen (secondary N) is 1. The van der Waals surface area contributed by atoms with E-state index in [1.807, 2.05) is 12.1 Å². The van der Waals surface area contributed by atoms with Crippen LogP contribution in [0.3, 0.4) is 0 Å². The Bertz CT molecular complexity index is 931. The molecule has 0 radical (unpaired) electrons. The van der Waals surface area contributed by atoms with Gasteiger partial charge in [0.1, 0.15) is 11.9 Å². The molecule has 0 saturated heterocycles. The summed E-state index contributed by atoms with van der Waals surface area (Å²) in [6.07, 6.45) is 2.71. The maximum atomic E-state index is 12.2. The van der Waals surface area contributed by atoms with Crippen LogP contribution in [-0.2, 0) is 13.6 Å². The van der Waals surface area contributed by atoms with Crippen molar-refractivity contribution in [2.75, 3.05) is 5.32 Å². The number of carboxylic acids is 1. The van der Waals surface area contributed by atoms with E-state index in [0.29, 0.717) is 11.6 Å². The monoisotopic (exact) mass is 360 g/mol. The molecule has 128 valence electrons. The van der Waals surface area contributed by atoms with Crippen molar-refractivity contribution in [3.05, 3.63) is 58.6 Å². The molecule has 2 heterocycles. The van der Waals surface area contributed by atoms with E-state index in [9.17, 15) is 9.59 Å². The molecule has 25 heavy (non-hydrogen) atoms. The summed E-state index contributed by atoms with van der Waals surface area (Å²) in [7, 11) is 1.53. The number of rotatable bonds is 5. The molecule has 0 saturated carbocycles. The first-order chi connectivity index (χ1) is 11.9. The number of halogens is 1. The molecule has 0 aliphatic rings. The van der Waals surface area contributed by atoms with Gasteiger partial charge < -0.3 is 5.11 Å². The van der Waals surface area contributed by atoms with Crippen molar-refractivity contribution in [2.45, 2.75) is 6.54 Å². The lowest BCUT2D eigenvalue weighted by Crippen LogP contribution is -2.17. The number of aromatic carboxylic acids is 1. The minimum absolute atomic E-state index is 0.0564. The minimum Gasteiger partial charge on any atom is -0.478 e. The van der Waals surface area contributed by atoms with E-state index in [4.69, 9.17) is 16.7 Å². The third-order valence-electron chi connectivity index (χ3n) is 3.29. The van der Waals surface area contributed by atoms with Crippen molar-refractivity contribution >= 4 is 29.4 Å². The zero-order valence-corrected chi connectivity index (χ0v) is 13.8. The second kappa shape index (κ2) is 6.73. The molecule has 0 atom stereocenters. The highest BCUT2D eigenvalue weighted by atomic mass is 35.5. The quantitative estimate of drug-likeness (QED) is 0.715. The second-order valence-corrected chi connectivity index (χ2v) is 5.65. The van der Waals surface area contributed by atoms with Crippen LogP contribution in [0.25, 0.3) is 0 Å². The summed E-state index contributed by atoms with van der Waals surface area (Å²) in [5, 5.41) is 20.2. The average molecular weight is 361 g/mol. The molecule has 3 aromatic rings. The normalized spacial score (nSPS) is 10.6. The number of carbonyl (C=O) groups is 2. The second-order valence-electron chi connectivity index (χ2n) is 5.22. The number of nitrogens with zero attached hydrogens (tertiary/aromatic N) is 5. The lowest BCUT2D eigenvalue weighted by atomic mass is 10.2. The fraction of sp³-hybridized carbons (Fsp3) is 0.133. The highest BCUT2D eigenvalue weighted by Gasteiger charge is 2.22. The summed E-state index contributed by atoms with van der Waals surface area (Å²) in [4.78, 5) is 27.3. The molecule has 2 N–H and O–H groups in total. The number of aryl methyl sites for hydroxylation is 1. The molecule has 0 aliphatic carbocycles. The first-order valence-corrected chi connectivity index (χ1v) is 7.52. The lowest BCUT2D eigenvalue weighted by Gasteiger charge is -2.01. The maximum Gasteiger partial charge on any atom is 0.339 e. The van der Waals surface area contributed by atoms with E-state index < -0.39 is 11.9 Å². The molecular weight excluding hydrogens is 348 g/mol. The van der Waals surface area contributed by atoms with Crippen LogP contribution < -0.4 is 5.32 Å². The molecule has 0 unspecified atom stereocenters. The number of benzene rings is 1. The molecule has 1 aromatic carbocycles. The molecular formula is C15H13ClN6O3. The van der Waals surface area contributed by atoms with Gasteiger partial charge in [0.2, 0.25) is 5.95 Å². The molecule has 2 aromatic heterocycles. The molecule has 10 heteroatoms. The molecule has 9 nitrogen and oxygen atoms in total. The van der Waals surface area contributed by atoms with Gasteiger partial charge in [-0.3, -0.25) is 14.8 Å². The Hall–Kier alpha value is -3.20. The molecule has 0 spiro atoms. The molecule has 1 amide bonds. The Kier molecular flexibility index (Phi) is 4.48. The van der Waals surface area contributed by atoms with Crippen LogP contribution in [0.5, 0.6) is 0 Å². The first kappa shape index (κ1) is 16.7. The highest BCUT2D eigenvalue weighted by molar-refractivity contribution is 6.30. The number of aromatic nitrogens is 5. The van der Waals surface area contributed by atoms with Crippen LogP contribution in [0.15, 0.2) is 36.8 Å². The van der Waals surface area contributed by atoms with E-state index in [-0.39, 0.29) is 17.2 Å². The fourth-order valence-electron chi connectivity index (χ4n) is 2.18. The summed E-state index contributed by atoms with van der Waals surface area (Å²) < 4.78 is 2.79. The molecule has 3 rings (SSSR count). The third kappa shape index (κ3) is 3.83. The summed E-state index contributed by atoms with van der Waals surface area (Å²) >= 11 is 5.84. The Morgan fingerprint density at radius 3 is 2.64 bits per heavy atom. The van der Waals surface area contributed by atoms with E-state index in [1.165, 1.54) is 28.9 Å². The summed E-state index contributed by atoms with van der Waals surface area (Å²) in [6.45, 7) is 0.448. The maximum absolute atomic E-state index is 12.2. The topological polar surface area (TPSA) is 115 Å². The number of carboxylic acid groups (broad SMARTS) is 1. The SMILES string of the molecule is Cn1cc(C(=O)O)c(C(=O)Nc2ncn(Cc3ccc(Cl)cc3)n2)n1. The standard InChI is InChI=1S/C15H13ClN6O3/c1-21-7-11(14(24)25)12(19-21)13(23)18-15-17-8-22(20-15)6-9-2-4-10(16)5-3-9/h2-5,7-8H,6H2,1H3,(H,24,25)(H,18,20,23). The predicted octanol–water partition coefficient (Wildman–Crippen LogP) is 1.66. The minimum atomic E-state index is -1.24. The van der Waals surface area contributed by atoms with Gasteiger partial charge >= 0.3 is 5.97 Å². The van der Waals surface area contributed by atoms with Crippen molar-refractivity contribution < 1.29 is 14.7 Å². The van der Waals surface area contributed by atoms with E-state index in [2.05, 4.69) is 20.5 Å². The van der Waals surface area contributed by atoms with Crippen LogP contribution in [-0.4, -0.2) is 41.5 Å². The van der Waals surface area contributed by atoms with Gasteiger partial charge in [-0.05, 0) is 17.7 Å². The van der Waals surface area contributed by atoms with Gasteiger partial charge in [-0.2, -0.15) is 5.10 Å². The van der Waals surface area contributed by atoms with Crippen LogP contribution in [0, 0.1) is 0 Å². The number of carbonyl (C=O) groups excluding carboxylic acids is 1. The lowest BCUT2D eigenvalue weighted by molar-refractivity contribution is 0.0692. The Morgan fingerprint density at radius 2 is 1.96 bits per heavy atom. The van der Waals surface area contributed by atoms with Gasteiger partial charge in [-0.25, -0.2) is 14.5 Å². The smallest absolute Gasteiger partial charge is 0.339 e. The van der Waals surface area contributed by atoms with Gasteiger partial charge in [-0.15, -0.1) is 5.10 Å². The van der Waals surface area contributed by atoms with Crippen LogP contribution in [0.1, 0.15) is 26.4 Å². The van der Waals surface area contributed by atoms with Gasteiger partial charge in [0, 0.05) is 18.3 Å². The van der Waals surface area contributed by atoms with Crippen molar-refractivity contribution in [3.8, 4) is 0 Å². The third-order valence-corrected chi connectivity index (χ3v) is 3.55. The number of hydrogen-bond donors (Lipinski definition) is 2. The number of amides is 1.